The molecule has 2 N–H and O–H groups in total. The Labute approximate surface area is 109 Å². The van der Waals surface area contributed by atoms with Crippen molar-refractivity contribution in [2.45, 2.75) is 69.1 Å². The lowest BCUT2D eigenvalue weighted by Gasteiger charge is -2.47. The van der Waals surface area contributed by atoms with Crippen LogP contribution >= 0.6 is 0 Å². The van der Waals surface area contributed by atoms with Crippen molar-refractivity contribution in [1.29, 1.82) is 0 Å². The van der Waals surface area contributed by atoms with Gasteiger partial charge in [0.15, 0.2) is 0 Å². The highest BCUT2D eigenvalue weighted by molar-refractivity contribution is 5.78. The first kappa shape index (κ1) is 12.4. The maximum absolute atomic E-state index is 11.7. The summed E-state index contributed by atoms with van der Waals surface area (Å²) in [4.78, 5) is 14.2. The second-order valence-corrected chi connectivity index (χ2v) is 6.30. The molecule has 0 spiro atoms. The van der Waals surface area contributed by atoms with E-state index in [1.54, 1.807) is 0 Å². The Morgan fingerprint density at radius 1 is 1.11 bits per heavy atom. The summed E-state index contributed by atoms with van der Waals surface area (Å²) in [6, 6.07) is 2.50. The molecule has 2 unspecified atom stereocenters. The van der Waals surface area contributed by atoms with Gasteiger partial charge in [-0.05, 0) is 45.6 Å². The molecule has 2 bridgehead atoms. The molecule has 0 aromatic carbocycles. The summed E-state index contributed by atoms with van der Waals surface area (Å²) < 4.78 is 0. The van der Waals surface area contributed by atoms with Gasteiger partial charge in [-0.3, -0.25) is 4.79 Å². The molecule has 1 amide bonds. The van der Waals surface area contributed by atoms with Gasteiger partial charge in [0.05, 0.1) is 6.54 Å². The molecule has 2 atom stereocenters. The van der Waals surface area contributed by atoms with Crippen molar-refractivity contribution < 1.29 is 4.79 Å². The fraction of sp³-hybridized carbons (Fsp3) is 0.929. The topological polar surface area (TPSA) is 44.4 Å². The maximum atomic E-state index is 11.7. The van der Waals surface area contributed by atoms with Crippen LogP contribution in [0.4, 0.5) is 0 Å². The van der Waals surface area contributed by atoms with Gasteiger partial charge in [0.2, 0.25) is 5.91 Å². The van der Waals surface area contributed by atoms with Gasteiger partial charge >= 0.3 is 0 Å². The second-order valence-electron chi connectivity index (χ2n) is 6.30. The number of amides is 1. The van der Waals surface area contributed by atoms with Gasteiger partial charge < -0.3 is 15.5 Å². The van der Waals surface area contributed by atoms with E-state index in [2.05, 4.69) is 22.6 Å². The van der Waals surface area contributed by atoms with Crippen LogP contribution in [0.1, 0.15) is 44.9 Å². The van der Waals surface area contributed by atoms with Crippen LogP contribution in [0, 0.1) is 0 Å². The fourth-order valence-electron chi connectivity index (χ4n) is 3.53. The minimum atomic E-state index is 0.182. The van der Waals surface area contributed by atoms with E-state index >= 15 is 0 Å². The molecule has 2 aliphatic heterocycles. The van der Waals surface area contributed by atoms with Crippen molar-refractivity contribution in [1.82, 2.24) is 15.5 Å². The number of carbonyl (C=O) groups excluding carboxylic acids is 1. The Morgan fingerprint density at radius 2 is 1.78 bits per heavy atom. The molecule has 0 aromatic heterocycles. The van der Waals surface area contributed by atoms with E-state index in [0.717, 1.165) is 12.1 Å². The number of hydrogen-bond acceptors (Lipinski definition) is 3. The van der Waals surface area contributed by atoms with Crippen molar-refractivity contribution in [3.8, 4) is 0 Å². The fourth-order valence-corrected chi connectivity index (χ4v) is 3.53. The van der Waals surface area contributed by atoms with Crippen LogP contribution in [0.2, 0.25) is 0 Å². The number of fused-ring (bicyclic) bond motifs is 2. The van der Waals surface area contributed by atoms with Crippen molar-refractivity contribution in [2.75, 3.05) is 13.6 Å². The van der Waals surface area contributed by atoms with Gasteiger partial charge in [0.1, 0.15) is 0 Å². The zero-order chi connectivity index (χ0) is 12.5. The standard InChI is InChI=1S/C14H25N3O/c1-17-12-3-2-4-13(17)8-11(7-12)15-9-14(18)16-10-5-6-10/h10-13,15H,2-9H2,1H3,(H,16,18). The summed E-state index contributed by atoms with van der Waals surface area (Å²) in [6.07, 6.45) is 8.81. The van der Waals surface area contributed by atoms with Gasteiger partial charge in [0.25, 0.3) is 0 Å². The molecule has 1 saturated carbocycles. The van der Waals surface area contributed by atoms with E-state index in [0.29, 0.717) is 18.6 Å². The van der Waals surface area contributed by atoms with Gasteiger partial charge in [-0.1, -0.05) is 6.42 Å². The zero-order valence-electron chi connectivity index (χ0n) is 11.3. The number of rotatable bonds is 4. The van der Waals surface area contributed by atoms with Crippen molar-refractivity contribution in [2.24, 2.45) is 0 Å². The van der Waals surface area contributed by atoms with E-state index in [4.69, 9.17) is 0 Å². The summed E-state index contributed by atoms with van der Waals surface area (Å²) in [5.41, 5.74) is 0. The van der Waals surface area contributed by atoms with E-state index in [-0.39, 0.29) is 5.91 Å². The molecule has 18 heavy (non-hydrogen) atoms. The lowest BCUT2D eigenvalue weighted by atomic mass is 9.82. The van der Waals surface area contributed by atoms with Gasteiger partial charge in [-0.15, -0.1) is 0 Å². The first-order valence-electron chi connectivity index (χ1n) is 7.47. The average Bonchev–Trinajstić information content (AvgIpc) is 3.11. The molecular weight excluding hydrogens is 226 g/mol. The maximum Gasteiger partial charge on any atom is 0.234 e. The highest BCUT2D eigenvalue weighted by atomic mass is 16.2. The molecule has 4 heteroatoms. The molecule has 3 aliphatic rings. The van der Waals surface area contributed by atoms with Crippen molar-refractivity contribution in [3.63, 3.8) is 0 Å². The average molecular weight is 251 g/mol. The lowest BCUT2D eigenvalue weighted by Crippen LogP contribution is -2.55. The first-order chi connectivity index (χ1) is 8.72. The molecule has 2 heterocycles. The predicted molar refractivity (Wildman–Crippen MR) is 71.4 cm³/mol. The number of piperidine rings is 2. The number of hydrogen-bond donors (Lipinski definition) is 2. The SMILES string of the molecule is CN1C2CCCC1CC(NCC(=O)NC1CC1)C2. The predicted octanol–water partition coefficient (Wildman–Crippen LogP) is 0.870. The molecule has 0 radical (unpaired) electrons. The van der Waals surface area contributed by atoms with Crippen LogP contribution < -0.4 is 10.6 Å². The Hall–Kier alpha value is -0.610. The molecular formula is C14H25N3O. The van der Waals surface area contributed by atoms with E-state index < -0.39 is 0 Å². The third-order valence-corrected chi connectivity index (χ3v) is 4.83. The summed E-state index contributed by atoms with van der Waals surface area (Å²) in [6.45, 7) is 0.504. The number of nitrogens with one attached hydrogen (secondary N) is 2. The van der Waals surface area contributed by atoms with Crippen LogP contribution in [-0.4, -0.2) is 48.6 Å². The van der Waals surface area contributed by atoms with Crippen LogP contribution in [0.3, 0.4) is 0 Å². The monoisotopic (exact) mass is 251 g/mol. The molecule has 1 aliphatic carbocycles. The summed E-state index contributed by atoms with van der Waals surface area (Å²) in [5.74, 6) is 0.182. The molecule has 102 valence electrons. The van der Waals surface area contributed by atoms with Crippen LogP contribution in [-0.2, 0) is 4.79 Å². The Balaban J connectivity index is 1.44. The van der Waals surface area contributed by atoms with Crippen molar-refractivity contribution >= 4 is 5.91 Å². The summed E-state index contributed by atoms with van der Waals surface area (Å²) >= 11 is 0. The molecule has 4 nitrogen and oxygen atoms in total. The molecule has 3 rings (SSSR count). The number of carbonyl (C=O) groups is 1. The Morgan fingerprint density at radius 3 is 2.39 bits per heavy atom. The zero-order valence-corrected chi connectivity index (χ0v) is 11.3. The Bertz CT molecular complexity index is 302. The minimum Gasteiger partial charge on any atom is -0.352 e. The normalized spacial score (nSPS) is 36.4. The van der Waals surface area contributed by atoms with Crippen LogP contribution in [0.25, 0.3) is 0 Å². The highest BCUT2D eigenvalue weighted by Gasteiger charge is 2.35. The van der Waals surface area contributed by atoms with Crippen molar-refractivity contribution in [3.05, 3.63) is 0 Å². The van der Waals surface area contributed by atoms with Gasteiger partial charge in [-0.25, -0.2) is 0 Å². The largest absolute Gasteiger partial charge is 0.352 e. The summed E-state index contributed by atoms with van der Waals surface area (Å²) in [7, 11) is 2.27. The van der Waals surface area contributed by atoms with Crippen LogP contribution in [0.15, 0.2) is 0 Å². The van der Waals surface area contributed by atoms with Gasteiger partial charge in [0, 0.05) is 24.2 Å². The van der Waals surface area contributed by atoms with Crippen LogP contribution in [0.5, 0.6) is 0 Å². The quantitative estimate of drug-likeness (QED) is 0.779. The van der Waals surface area contributed by atoms with E-state index in [9.17, 15) is 4.79 Å². The number of nitrogens with zero attached hydrogens (tertiary/aromatic N) is 1. The van der Waals surface area contributed by atoms with Gasteiger partial charge in [-0.2, -0.15) is 0 Å². The van der Waals surface area contributed by atoms with E-state index in [1.807, 2.05) is 0 Å². The highest BCUT2D eigenvalue weighted by Crippen LogP contribution is 2.32. The minimum absolute atomic E-state index is 0.182. The third kappa shape index (κ3) is 2.86. The molecule has 2 saturated heterocycles. The lowest BCUT2D eigenvalue weighted by molar-refractivity contribution is -0.120. The third-order valence-electron chi connectivity index (χ3n) is 4.83. The first-order valence-corrected chi connectivity index (χ1v) is 7.47. The molecule has 3 fully saturated rings. The Kier molecular flexibility index (Phi) is 3.57. The second kappa shape index (κ2) is 5.17. The molecule has 0 aromatic rings. The summed E-state index contributed by atoms with van der Waals surface area (Å²) in [5, 5.41) is 6.51. The van der Waals surface area contributed by atoms with E-state index in [1.165, 1.54) is 44.9 Å². The smallest absolute Gasteiger partial charge is 0.234 e.